The molecule has 0 aromatic heterocycles. The lowest BCUT2D eigenvalue weighted by molar-refractivity contribution is -0.120. The fraction of sp³-hybridized carbons (Fsp3) is 0.296. The molecule has 1 N–H and O–H groups in total. The first-order chi connectivity index (χ1) is 16.5. The molecule has 4 rings (SSSR count). The van der Waals surface area contributed by atoms with Crippen molar-refractivity contribution in [3.63, 3.8) is 0 Å². The minimum absolute atomic E-state index is 0.0211. The highest BCUT2D eigenvalue weighted by Gasteiger charge is 2.36. The summed E-state index contributed by atoms with van der Waals surface area (Å²) in [6.45, 7) is 7.10. The van der Waals surface area contributed by atoms with Gasteiger partial charge in [-0.25, -0.2) is 12.8 Å². The molecule has 35 heavy (non-hydrogen) atoms. The van der Waals surface area contributed by atoms with Crippen LogP contribution >= 0.6 is 0 Å². The second kappa shape index (κ2) is 9.34. The molecular formula is C27H29FN2O4S. The van der Waals surface area contributed by atoms with Crippen molar-refractivity contribution in [3.8, 4) is 5.75 Å². The van der Waals surface area contributed by atoms with E-state index in [9.17, 15) is 17.6 Å². The maximum Gasteiger partial charge on any atom is 0.264 e. The molecule has 6 nitrogen and oxygen atoms in total. The first-order valence-corrected chi connectivity index (χ1v) is 12.8. The van der Waals surface area contributed by atoms with Crippen molar-refractivity contribution in [1.82, 2.24) is 5.32 Å². The molecule has 0 saturated carbocycles. The van der Waals surface area contributed by atoms with Crippen LogP contribution < -0.4 is 14.4 Å². The lowest BCUT2D eigenvalue weighted by Crippen LogP contribution is -2.45. The molecular weight excluding hydrogens is 467 g/mol. The summed E-state index contributed by atoms with van der Waals surface area (Å²) >= 11 is 0. The van der Waals surface area contributed by atoms with Crippen molar-refractivity contribution in [3.05, 3.63) is 89.2 Å². The van der Waals surface area contributed by atoms with Crippen LogP contribution in [0.2, 0.25) is 0 Å². The summed E-state index contributed by atoms with van der Waals surface area (Å²) in [6, 6.07) is 17.1. The van der Waals surface area contributed by atoms with Crippen LogP contribution in [-0.4, -0.2) is 26.5 Å². The van der Waals surface area contributed by atoms with Crippen LogP contribution in [0.4, 0.5) is 10.1 Å². The van der Waals surface area contributed by atoms with Gasteiger partial charge in [0.25, 0.3) is 10.0 Å². The van der Waals surface area contributed by atoms with Crippen LogP contribution in [0.25, 0.3) is 0 Å². The second-order valence-electron chi connectivity index (χ2n) is 9.50. The van der Waals surface area contributed by atoms with E-state index in [0.29, 0.717) is 12.2 Å². The zero-order chi connectivity index (χ0) is 25.4. The van der Waals surface area contributed by atoms with Gasteiger partial charge in [-0.2, -0.15) is 0 Å². The Morgan fingerprint density at radius 3 is 2.40 bits per heavy atom. The average Bonchev–Trinajstić information content (AvgIpc) is 2.77. The quantitative estimate of drug-likeness (QED) is 0.518. The zero-order valence-corrected chi connectivity index (χ0v) is 21.0. The number of sulfonamides is 1. The molecule has 3 aromatic rings. The highest BCUT2D eigenvalue weighted by Crippen LogP contribution is 2.40. The number of nitrogens with zero attached hydrogens (tertiary/aromatic N) is 1. The van der Waals surface area contributed by atoms with E-state index in [1.807, 2.05) is 45.9 Å². The van der Waals surface area contributed by atoms with E-state index in [1.54, 1.807) is 12.1 Å². The number of nitrogens with one attached hydrogen (secondary N) is 1. The molecule has 1 amide bonds. The summed E-state index contributed by atoms with van der Waals surface area (Å²) in [4.78, 5) is 13.2. The number of fused-ring (bicyclic) bond motifs is 1. The number of benzene rings is 3. The summed E-state index contributed by atoms with van der Waals surface area (Å²) in [5.74, 6) is -0.591. The Kier molecular flexibility index (Phi) is 6.60. The number of hydrogen-bond acceptors (Lipinski definition) is 4. The molecule has 0 saturated heterocycles. The van der Waals surface area contributed by atoms with Crippen LogP contribution in [-0.2, 0) is 14.8 Å². The van der Waals surface area contributed by atoms with Gasteiger partial charge in [-0.15, -0.1) is 0 Å². The third-order valence-electron chi connectivity index (χ3n) is 5.98. The number of carbonyl (C=O) groups is 1. The molecule has 0 radical (unpaired) electrons. The maximum atomic E-state index is 14.7. The van der Waals surface area contributed by atoms with Crippen molar-refractivity contribution in [2.45, 2.75) is 50.7 Å². The normalized spacial score (nSPS) is 16.7. The highest BCUT2D eigenvalue weighted by molar-refractivity contribution is 7.92. The molecule has 1 aliphatic heterocycles. The van der Waals surface area contributed by atoms with E-state index in [4.69, 9.17) is 4.74 Å². The van der Waals surface area contributed by atoms with Gasteiger partial charge in [0, 0.05) is 12.0 Å². The number of halogens is 1. The van der Waals surface area contributed by atoms with Crippen molar-refractivity contribution in [2.75, 3.05) is 10.8 Å². The number of anilines is 1. The Labute approximate surface area is 205 Å². The minimum Gasteiger partial charge on any atom is -0.487 e. The number of aryl methyl sites for hydroxylation is 2. The Morgan fingerprint density at radius 1 is 1.06 bits per heavy atom. The van der Waals surface area contributed by atoms with Crippen LogP contribution in [0.1, 0.15) is 43.0 Å². The number of amides is 1. The lowest BCUT2D eigenvalue weighted by Gasteiger charge is -2.38. The number of rotatable bonds is 6. The molecule has 1 atom stereocenters. The summed E-state index contributed by atoms with van der Waals surface area (Å²) in [7, 11) is -4.21. The fourth-order valence-corrected chi connectivity index (χ4v) is 5.68. The zero-order valence-electron chi connectivity index (χ0n) is 20.2. The lowest BCUT2D eigenvalue weighted by atomic mass is 9.89. The van der Waals surface area contributed by atoms with E-state index in [1.165, 1.54) is 36.4 Å². The van der Waals surface area contributed by atoms with E-state index in [-0.39, 0.29) is 16.6 Å². The fourth-order valence-electron chi connectivity index (χ4n) is 4.25. The number of hydrogen-bond donors (Lipinski definition) is 1. The van der Waals surface area contributed by atoms with Gasteiger partial charge in [0.2, 0.25) is 5.91 Å². The van der Waals surface area contributed by atoms with Gasteiger partial charge in [-0.05, 0) is 63.6 Å². The van der Waals surface area contributed by atoms with E-state index < -0.39 is 33.9 Å². The van der Waals surface area contributed by atoms with Gasteiger partial charge in [0.15, 0.2) is 0 Å². The Balaban J connectivity index is 1.66. The first-order valence-electron chi connectivity index (χ1n) is 11.4. The molecule has 184 valence electrons. The first kappa shape index (κ1) is 24.7. The molecule has 1 heterocycles. The van der Waals surface area contributed by atoms with Crippen molar-refractivity contribution in [1.29, 1.82) is 0 Å². The molecule has 0 aliphatic carbocycles. The maximum absolute atomic E-state index is 14.7. The van der Waals surface area contributed by atoms with Crippen molar-refractivity contribution in [2.24, 2.45) is 0 Å². The molecule has 0 fully saturated rings. The predicted molar refractivity (Wildman–Crippen MR) is 133 cm³/mol. The van der Waals surface area contributed by atoms with E-state index in [0.717, 1.165) is 21.0 Å². The summed E-state index contributed by atoms with van der Waals surface area (Å²) in [5, 5.41) is 2.96. The molecule has 3 aromatic carbocycles. The van der Waals surface area contributed by atoms with Gasteiger partial charge >= 0.3 is 0 Å². The molecule has 1 aliphatic rings. The highest BCUT2D eigenvalue weighted by atomic mass is 32.2. The smallest absolute Gasteiger partial charge is 0.264 e. The van der Waals surface area contributed by atoms with Crippen molar-refractivity contribution >= 4 is 21.6 Å². The Bertz CT molecular complexity index is 1350. The Hall–Kier alpha value is -3.39. The number of ether oxygens (including phenoxy) is 1. The summed E-state index contributed by atoms with van der Waals surface area (Å²) in [5.41, 5.74) is 2.02. The topological polar surface area (TPSA) is 75.7 Å². The number of carbonyl (C=O) groups excluding carboxylic acids is 1. The van der Waals surface area contributed by atoms with Crippen molar-refractivity contribution < 1.29 is 22.3 Å². The molecule has 0 bridgehead atoms. The summed E-state index contributed by atoms with van der Waals surface area (Å²) < 4.78 is 48.7. The van der Waals surface area contributed by atoms with Gasteiger partial charge in [0.1, 0.15) is 23.7 Å². The van der Waals surface area contributed by atoms with E-state index >= 15 is 0 Å². The van der Waals surface area contributed by atoms with Crippen LogP contribution in [0.15, 0.2) is 71.6 Å². The van der Waals surface area contributed by atoms with E-state index in [2.05, 4.69) is 5.32 Å². The minimum atomic E-state index is -4.21. The molecule has 0 spiro atoms. The second-order valence-corrected chi connectivity index (χ2v) is 11.4. The van der Waals surface area contributed by atoms with Crippen LogP contribution in [0.5, 0.6) is 5.75 Å². The largest absolute Gasteiger partial charge is 0.487 e. The third-order valence-corrected chi connectivity index (χ3v) is 7.75. The van der Waals surface area contributed by atoms with Crippen LogP contribution in [0.3, 0.4) is 0 Å². The monoisotopic (exact) mass is 496 g/mol. The van der Waals surface area contributed by atoms with Gasteiger partial charge in [-0.3, -0.25) is 9.10 Å². The third kappa shape index (κ3) is 5.32. The van der Waals surface area contributed by atoms with Gasteiger partial charge in [-0.1, -0.05) is 42.0 Å². The summed E-state index contributed by atoms with van der Waals surface area (Å²) in [6.07, 6.45) is 0.499. The molecule has 8 heteroatoms. The number of para-hydroxylation sites is 1. The standard InChI is InChI=1S/C27H29FN2O4S/c1-18-9-12-20(13-10-18)35(32,33)30(24-8-6-5-7-22(24)28)17-26(31)29-23-16-27(3,4)34-25-15-19(2)11-14-21(23)25/h5-15,23H,16-17H2,1-4H3,(H,29,31). The predicted octanol–water partition coefficient (Wildman–Crippen LogP) is 5.06. The average molecular weight is 497 g/mol. The Morgan fingerprint density at radius 2 is 1.71 bits per heavy atom. The van der Waals surface area contributed by atoms with Gasteiger partial charge < -0.3 is 10.1 Å². The van der Waals surface area contributed by atoms with Gasteiger partial charge in [0.05, 0.1) is 16.6 Å². The molecule has 1 unspecified atom stereocenters. The SMILES string of the molecule is Cc1ccc(S(=O)(=O)N(CC(=O)NC2CC(C)(C)Oc3cc(C)ccc32)c2ccccc2F)cc1. The van der Waals surface area contributed by atoms with Crippen LogP contribution in [0, 0.1) is 19.7 Å².